The number of hydrogen-bond donors (Lipinski definition) is 2. The number of aromatic nitrogens is 2. The van der Waals surface area contributed by atoms with E-state index in [-0.39, 0.29) is 29.4 Å². The normalized spacial score (nSPS) is 30.5. The summed E-state index contributed by atoms with van der Waals surface area (Å²) >= 11 is 0. The number of carboxylic acids is 1. The minimum Gasteiger partial charge on any atom is -0.481 e. The summed E-state index contributed by atoms with van der Waals surface area (Å²) in [7, 11) is -3.54. The Morgan fingerprint density at radius 3 is 2.55 bits per heavy atom. The monoisotopic (exact) mass is 299 g/mol. The van der Waals surface area contributed by atoms with Crippen LogP contribution in [0, 0.1) is 5.92 Å². The smallest absolute Gasteiger partial charge is 0.303 e. The van der Waals surface area contributed by atoms with Crippen LogP contribution >= 0.6 is 0 Å². The van der Waals surface area contributed by atoms with Gasteiger partial charge in [-0.2, -0.15) is 9.40 Å². The highest BCUT2D eigenvalue weighted by molar-refractivity contribution is 7.89. The lowest BCUT2D eigenvalue weighted by molar-refractivity contribution is -0.138. The third-order valence-electron chi connectivity index (χ3n) is 4.26. The first-order chi connectivity index (χ1) is 9.48. The molecule has 2 bridgehead atoms. The van der Waals surface area contributed by atoms with Crippen LogP contribution < -0.4 is 0 Å². The predicted octanol–water partition coefficient (Wildman–Crippen LogP) is 0.816. The van der Waals surface area contributed by atoms with Gasteiger partial charge in [0.05, 0.1) is 6.20 Å². The molecule has 2 unspecified atom stereocenters. The van der Waals surface area contributed by atoms with Crippen LogP contribution in [0.2, 0.25) is 0 Å². The summed E-state index contributed by atoms with van der Waals surface area (Å²) in [6, 6.07) is 1.30. The maximum absolute atomic E-state index is 12.6. The number of carboxylic acid groups (broad SMARTS) is 1. The molecule has 2 saturated heterocycles. The molecule has 110 valence electrons. The van der Waals surface area contributed by atoms with E-state index in [9.17, 15) is 13.2 Å². The van der Waals surface area contributed by atoms with Crippen molar-refractivity contribution in [1.29, 1.82) is 0 Å². The number of nitrogens with one attached hydrogen (secondary N) is 1. The molecule has 20 heavy (non-hydrogen) atoms. The van der Waals surface area contributed by atoms with Gasteiger partial charge in [-0.05, 0) is 37.7 Å². The van der Waals surface area contributed by atoms with Crippen molar-refractivity contribution in [2.45, 2.75) is 49.2 Å². The topological polar surface area (TPSA) is 103 Å². The number of aliphatic carboxylic acids is 1. The Bertz CT molecular complexity index is 584. The largest absolute Gasteiger partial charge is 0.481 e. The Labute approximate surface area is 117 Å². The number of nitrogens with zero attached hydrogens (tertiary/aromatic N) is 2. The van der Waals surface area contributed by atoms with Crippen molar-refractivity contribution in [2.75, 3.05) is 0 Å². The van der Waals surface area contributed by atoms with Crippen LogP contribution in [0.3, 0.4) is 0 Å². The maximum atomic E-state index is 12.6. The molecule has 0 aliphatic carbocycles. The van der Waals surface area contributed by atoms with Crippen LogP contribution in [0.25, 0.3) is 0 Å². The zero-order valence-corrected chi connectivity index (χ0v) is 11.7. The third-order valence-corrected chi connectivity index (χ3v) is 6.19. The van der Waals surface area contributed by atoms with E-state index in [1.54, 1.807) is 4.31 Å². The van der Waals surface area contributed by atoms with Gasteiger partial charge in [-0.15, -0.1) is 0 Å². The molecule has 2 aliphatic heterocycles. The summed E-state index contributed by atoms with van der Waals surface area (Å²) < 4.78 is 26.7. The van der Waals surface area contributed by atoms with Crippen molar-refractivity contribution in [3.63, 3.8) is 0 Å². The first-order valence-corrected chi connectivity index (χ1v) is 8.17. The van der Waals surface area contributed by atoms with Gasteiger partial charge in [-0.3, -0.25) is 9.89 Å². The number of sulfonamides is 1. The molecular formula is C12H17N3O4S. The molecule has 0 radical (unpaired) electrons. The van der Waals surface area contributed by atoms with Crippen molar-refractivity contribution in [1.82, 2.24) is 14.5 Å². The molecule has 1 aromatic heterocycles. The number of fused-ring (bicyclic) bond motifs is 2. The van der Waals surface area contributed by atoms with E-state index in [2.05, 4.69) is 10.2 Å². The second-order valence-corrected chi connectivity index (χ2v) is 7.39. The van der Waals surface area contributed by atoms with Crippen molar-refractivity contribution >= 4 is 16.0 Å². The van der Waals surface area contributed by atoms with Crippen LogP contribution in [0.15, 0.2) is 17.3 Å². The van der Waals surface area contributed by atoms with Crippen LogP contribution in [0.1, 0.15) is 32.1 Å². The Balaban J connectivity index is 1.82. The molecule has 0 amide bonds. The number of H-pyrrole nitrogens is 1. The van der Waals surface area contributed by atoms with E-state index < -0.39 is 16.0 Å². The minimum atomic E-state index is -3.54. The van der Waals surface area contributed by atoms with Crippen molar-refractivity contribution < 1.29 is 18.3 Å². The highest BCUT2D eigenvalue weighted by Gasteiger charge is 2.47. The van der Waals surface area contributed by atoms with Crippen LogP contribution in [-0.2, 0) is 14.8 Å². The average Bonchev–Trinajstić information content (AvgIpc) is 2.96. The Morgan fingerprint density at radius 1 is 1.40 bits per heavy atom. The van der Waals surface area contributed by atoms with Crippen LogP contribution in [-0.4, -0.2) is 46.1 Å². The quantitative estimate of drug-likeness (QED) is 0.856. The fourth-order valence-corrected chi connectivity index (χ4v) is 5.35. The molecule has 0 aromatic carbocycles. The van der Waals surface area contributed by atoms with E-state index in [0.29, 0.717) is 12.8 Å². The van der Waals surface area contributed by atoms with Crippen molar-refractivity contribution in [3.05, 3.63) is 12.3 Å². The first kappa shape index (κ1) is 13.6. The molecule has 2 atom stereocenters. The van der Waals surface area contributed by atoms with Gasteiger partial charge in [0.25, 0.3) is 10.0 Å². The summed E-state index contributed by atoms with van der Waals surface area (Å²) in [6.07, 6.45) is 4.45. The summed E-state index contributed by atoms with van der Waals surface area (Å²) in [4.78, 5) is 10.8. The molecule has 0 saturated carbocycles. The molecule has 7 nitrogen and oxygen atoms in total. The number of carbonyl (C=O) groups is 1. The summed E-state index contributed by atoms with van der Waals surface area (Å²) in [6.45, 7) is 0. The lowest BCUT2D eigenvalue weighted by Gasteiger charge is -2.37. The molecule has 3 rings (SSSR count). The van der Waals surface area contributed by atoms with Gasteiger partial charge in [-0.25, -0.2) is 8.42 Å². The van der Waals surface area contributed by atoms with Gasteiger partial charge in [0.1, 0.15) is 0 Å². The van der Waals surface area contributed by atoms with E-state index in [4.69, 9.17) is 5.11 Å². The van der Waals surface area contributed by atoms with Crippen LogP contribution in [0.4, 0.5) is 0 Å². The fraction of sp³-hybridized carbons (Fsp3) is 0.667. The van der Waals surface area contributed by atoms with Gasteiger partial charge >= 0.3 is 5.97 Å². The standard InChI is InChI=1S/C12H17N3O4S/c16-12(17)7-8-5-9-1-2-10(6-8)15(9)20(18,19)11-3-4-13-14-11/h3-4,8-10H,1-2,5-7H2,(H,13,14)(H,16,17). The third kappa shape index (κ3) is 2.22. The minimum absolute atomic E-state index is 0.0774. The van der Waals surface area contributed by atoms with Gasteiger partial charge in [0.15, 0.2) is 5.03 Å². The molecule has 8 heteroatoms. The van der Waals surface area contributed by atoms with E-state index >= 15 is 0 Å². The molecule has 3 heterocycles. The van der Waals surface area contributed by atoms with Gasteiger partial charge in [0.2, 0.25) is 0 Å². The zero-order chi connectivity index (χ0) is 14.3. The Morgan fingerprint density at radius 2 is 2.05 bits per heavy atom. The van der Waals surface area contributed by atoms with Gasteiger partial charge in [0, 0.05) is 18.5 Å². The van der Waals surface area contributed by atoms with Gasteiger partial charge < -0.3 is 5.11 Å². The predicted molar refractivity (Wildman–Crippen MR) is 69.4 cm³/mol. The van der Waals surface area contributed by atoms with E-state index in [1.807, 2.05) is 0 Å². The number of hydrogen-bond acceptors (Lipinski definition) is 4. The summed E-state index contributed by atoms with van der Waals surface area (Å²) in [5, 5.41) is 15.2. The molecule has 2 fully saturated rings. The molecular weight excluding hydrogens is 282 g/mol. The van der Waals surface area contributed by atoms with Crippen molar-refractivity contribution in [3.8, 4) is 0 Å². The summed E-state index contributed by atoms with van der Waals surface area (Å²) in [5.41, 5.74) is 0. The Kier molecular flexibility index (Phi) is 3.29. The number of rotatable bonds is 4. The number of piperidine rings is 1. The number of aromatic amines is 1. The molecule has 2 aliphatic rings. The molecule has 0 spiro atoms. The van der Waals surface area contributed by atoms with Crippen LogP contribution in [0.5, 0.6) is 0 Å². The van der Waals surface area contributed by atoms with Gasteiger partial charge in [-0.1, -0.05) is 0 Å². The second kappa shape index (κ2) is 4.85. The molecule has 2 N–H and O–H groups in total. The fourth-order valence-electron chi connectivity index (χ4n) is 3.55. The maximum Gasteiger partial charge on any atom is 0.303 e. The molecule has 1 aromatic rings. The lowest BCUT2D eigenvalue weighted by Crippen LogP contribution is -2.46. The lowest BCUT2D eigenvalue weighted by atomic mass is 9.90. The summed E-state index contributed by atoms with van der Waals surface area (Å²) in [5.74, 6) is -0.725. The SMILES string of the molecule is O=C(O)CC1CC2CCC(C1)N2S(=O)(=O)c1ccn[nH]1. The highest BCUT2D eigenvalue weighted by Crippen LogP contribution is 2.42. The first-order valence-electron chi connectivity index (χ1n) is 6.73. The average molecular weight is 299 g/mol. The van der Waals surface area contributed by atoms with E-state index in [0.717, 1.165) is 12.8 Å². The Hall–Kier alpha value is -1.41. The second-order valence-electron chi connectivity index (χ2n) is 5.58. The van der Waals surface area contributed by atoms with E-state index in [1.165, 1.54) is 12.3 Å². The van der Waals surface area contributed by atoms with Crippen molar-refractivity contribution in [2.24, 2.45) is 5.92 Å². The highest BCUT2D eigenvalue weighted by atomic mass is 32.2. The zero-order valence-electron chi connectivity index (χ0n) is 10.9.